The molecule has 0 saturated heterocycles. The Hall–Kier alpha value is -1.16. The van der Waals surface area contributed by atoms with Crippen molar-refractivity contribution in [1.29, 1.82) is 0 Å². The van der Waals surface area contributed by atoms with Crippen molar-refractivity contribution in [3.63, 3.8) is 0 Å². The number of guanidine groups is 1. The predicted molar refractivity (Wildman–Crippen MR) is 112 cm³/mol. The average Bonchev–Trinajstić information content (AvgIpc) is 2.58. The number of rotatable bonds is 11. The average molecular weight is 485 g/mol. The molecular weight excluding hydrogens is 455 g/mol. The summed E-state index contributed by atoms with van der Waals surface area (Å²) in [6.07, 6.45) is -1.58. The van der Waals surface area contributed by atoms with Crippen LogP contribution in [0, 0.1) is 5.92 Å². The second-order valence-corrected chi connectivity index (χ2v) is 6.02. The number of hydrogen-bond donors (Lipinski definition) is 2. The fourth-order valence-corrected chi connectivity index (χ4v) is 2.01. The van der Waals surface area contributed by atoms with Crippen molar-refractivity contribution in [2.75, 3.05) is 33.4 Å². The van der Waals surface area contributed by atoms with Gasteiger partial charge in [-0.25, -0.2) is 8.78 Å². The minimum atomic E-state index is -2.48. The quantitative estimate of drug-likeness (QED) is 0.218. The van der Waals surface area contributed by atoms with Gasteiger partial charge in [0.1, 0.15) is 12.4 Å². The van der Waals surface area contributed by atoms with Gasteiger partial charge in [0.05, 0.1) is 0 Å². The Morgan fingerprint density at radius 1 is 1.19 bits per heavy atom. The van der Waals surface area contributed by atoms with Gasteiger partial charge >= 0.3 is 0 Å². The molecule has 0 saturated carbocycles. The van der Waals surface area contributed by atoms with Crippen LogP contribution in [0.5, 0.6) is 5.75 Å². The summed E-state index contributed by atoms with van der Waals surface area (Å²) in [5.74, 6) is 1.66. The van der Waals surface area contributed by atoms with E-state index in [2.05, 4.69) is 29.5 Å². The molecule has 0 aromatic heterocycles. The second-order valence-electron chi connectivity index (χ2n) is 6.02. The van der Waals surface area contributed by atoms with Crippen LogP contribution in [-0.4, -0.2) is 45.8 Å². The van der Waals surface area contributed by atoms with Crippen LogP contribution in [0.3, 0.4) is 0 Å². The van der Waals surface area contributed by atoms with Gasteiger partial charge in [0.25, 0.3) is 6.43 Å². The third kappa shape index (κ3) is 12.2. The van der Waals surface area contributed by atoms with E-state index >= 15 is 0 Å². The lowest BCUT2D eigenvalue weighted by atomic mass is 10.2. The van der Waals surface area contributed by atoms with Crippen molar-refractivity contribution >= 4 is 29.9 Å². The van der Waals surface area contributed by atoms with Crippen molar-refractivity contribution in [3.05, 3.63) is 29.8 Å². The minimum Gasteiger partial charge on any atom is -0.488 e. The number of ether oxygens (including phenoxy) is 2. The van der Waals surface area contributed by atoms with Crippen LogP contribution in [0.4, 0.5) is 8.78 Å². The first-order chi connectivity index (χ1) is 12.0. The Bertz CT molecular complexity index is 517. The normalized spacial score (nSPS) is 11.4. The molecule has 2 N–H and O–H groups in total. The van der Waals surface area contributed by atoms with Crippen molar-refractivity contribution in [1.82, 2.24) is 10.6 Å². The topological polar surface area (TPSA) is 54.9 Å². The van der Waals surface area contributed by atoms with E-state index in [0.717, 1.165) is 25.1 Å². The molecule has 0 aliphatic rings. The predicted octanol–water partition coefficient (Wildman–Crippen LogP) is 3.68. The first-order valence-corrected chi connectivity index (χ1v) is 8.53. The number of hydrogen-bond acceptors (Lipinski definition) is 3. The molecular formula is C18H30F2IN3O2. The molecule has 0 amide bonds. The molecule has 26 heavy (non-hydrogen) atoms. The Morgan fingerprint density at radius 2 is 1.96 bits per heavy atom. The summed E-state index contributed by atoms with van der Waals surface area (Å²) < 4.78 is 34.9. The van der Waals surface area contributed by atoms with Gasteiger partial charge in [0.2, 0.25) is 0 Å². The van der Waals surface area contributed by atoms with E-state index in [9.17, 15) is 8.78 Å². The van der Waals surface area contributed by atoms with Crippen molar-refractivity contribution in [2.24, 2.45) is 10.9 Å². The van der Waals surface area contributed by atoms with E-state index in [1.165, 1.54) is 0 Å². The summed E-state index contributed by atoms with van der Waals surface area (Å²) >= 11 is 0. The first-order valence-electron chi connectivity index (χ1n) is 8.53. The minimum absolute atomic E-state index is 0. The monoisotopic (exact) mass is 485 g/mol. The molecule has 1 rings (SSSR count). The maximum absolute atomic E-state index is 12.2. The van der Waals surface area contributed by atoms with E-state index < -0.39 is 13.0 Å². The van der Waals surface area contributed by atoms with E-state index in [0.29, 0.717) is 30.8 Å². The number of aliphatic imine (C=N–C) groups is 1. The van der Waals surface area contributed by atoms with Gasteiger partial charge in [-0.3, -0.25) is 4.99 Å². The summed E-state index contributed by atoms with van der Waals surface area (Å²) in [4.78, 5) is 4.15. The van der Waals surface area contributed by atoms with Crippen LogP contribution in [-0.2, 0) is 11.3 Å². The molecule has 0 fully saturated rings. The second kappa shape index (κ2) is 15.0. The fraction of sp³-hybridized carbons (Fsp3) is 0.611. The number of nitrogens with one attached hydrogen (secondary N) is 2. The van der Waals surface area contributed by atoms with Crippen LogP contribution in [0.15, 0.2) is 29.3 Å². The molecule has 8 heteroatoms. The zero-order valence-corrected chi connectivity index (χ0v) is 18.0. The molecule has 0 heterocycles. The number of alkyl halides is 2. The number of benzene rings is 1. The van der Waals surface area contributed by atoms with Crippen molar-refractivity contribution < 1.29 is 18.3 Å². The summed E-state index contributed by atoms with van der Waals surface area (Å²) in [5, 5.41) is 6.39. The van der Waals surface area contributed by atoms with Crippen LogP contribution in [0.1, 0.15) is 25.8 Å². The standard InChI is InChI=1S/C18H29F2N3O2.HI/c1-14(2)12-24-9-5-8-22-18(21-3)23-11-15-6-4-7-16(10-15)25-13-17(19)20;/h4,6-7,10,14,17H,5,8-9,11-13H2,1-3H3,(H2,21,22,23);1H. The third-order valence-corrected chi connectivity index (χ3v) is 3.17. The van der Waals surface area contributed by atoms with Crippen LogP contribution < -0.4 is 15.4 Å². The highest BCUT2D eigenvalue weighted by Gasteiger charge is 2.04. The van der Waals surface area contributed by atoms with Gasteiger partial charge in [0.15, 0.2) is 5.96 Å². The van der Waals surface area contributed by atoms with Gasteiger partial charge in [-0.15, -0.1) is 24.0 Å². The van der Waals surface area contributed by atoms with E-state index in [-0.39, 0.29) is 24.0 Å². The highest BCUT2D eigenvalue weighted by atomic mass is 127. The lowest BCUT2D eigenvalue weighted by Crippen LogP contribution is -2.37. The van der Waals surface area contributed by atoms with E-state index in [4.69, 9.17) is 9.47 Å². The zero-order chi connectivity index (χ0) is 18.5. The maximum Gasteiger partial charge on any atom is 0.272 e. The SMILES string of the molecule is CN=C(NCCCOCC(C)C)NCc1cccc(OCC(F)F)c1.I. The fourth-order valence-electron chi connectivity index (χ4n) is 2.01. The third-order valence-electron chi connectivity index (χ3n) is 3.17. The van der Waals surface area contributed by atoms with Gasteiger partial charge in [-0.05, 0) is 30.0 Å². The largest absolute Gasteiger partial charge is 0.488 e. The van der Waals surface area contributed by atoms with E-state index in [1.807, 2.05) is 6.07 Å². The molecule has 1 aromatic carbocycles. The molecule has 1 aromatic rings. The summed E-state index contributed by atoms with van der Waals surface area (Å²) in [5.41, 5.74) is 0.926. The van der Waals surface area contributed by atoms with Gasteiger partial charge in [0, 0.05) is 33.4 Å². The summed E-state index contributed by atoms with van der Waals surface area (Å²) in [7, 11) is 1.70. The molecule has 0 unspecified atom stereocenters. The highest BCUT2D eigenvalue weighted by molar-refractivity contribution is 14.0. The molecule has 150 valence electrons. The van der Waals surface area contributed by atoms with Gasteiger partial charge < -0.3 is 20.1 Å². The van der Waals surface area contributed by atoms with Gasteiger partial charge in [-0.2, -0.15) is 0 Å². The van der Waals surface area contributed by atoms with E-state index in [1.54, 1.807) is 25.2 Å². The molecule has 0 spiro atoms. The molecule has 0 bridgehead atoms. The Labute approximate surface area is 172 Å². The smallest absolute Gasteiger partial charge is 0.272 e. The van der Waals surface area contributed by atoms with Crippen LogP contribution in [0.25, 0.3) is 0 Å². The number of halogens is 3. The molecule has 0 aliphatic heterocycles. The molecule has 0 atom stereocenters. The Balaban J connectivity index is 0.00000625. The highest BCUT2D eigenvalue weighted by Crippen LogP contribution is 2.14. The summed E-state index contributed by atoms with van der Waals surface area (Å²) in [6.45, 7) is 6.42. The van der Waals surface area contributed by atoms with Crippen molar-refractivity contribution in [3.8, 4) is 5.75 Å². The maximum atomic E-state index is 12.2. The van der Waals surface area contributed by atoms with Gasteiger partial charge in [-0.1, -0.05) is 26.0 Å². The van der Waals surface area contributed by atoms with Crippen LogP contribution in [0.2, 0.25) is 0 Å². The van der Waals surface area contributed by atoms with Crippen molar-refractivity contribution in [2.45, 2.75) is 33.2 Å². The Kier molecular flexibility index (Phi) is 14.3. The molecule has 0 aliphatic carbocycles. The van der Waals surface area contributed by atoms with Crippen LogP contribution >= 0.6 is 24.0 Å². The lowest BCUT2D eigenvalue weighted by molar-refractivity contribution is 0.0818. The lowest BCUT2D eigenvalue weighted by Gasteiger charge is -2.13. The zero-order valence-electron chi connectivity index (χ0n) is 15.6. The molecule has 0 radical (unpaired) electrons. The molecule has 5 nitrogen and oxygen atoms in total. The Morgan fingerprint density at radius 3 is 2.62 bits per heavy atom. The summed E-state index contributed by atoms with van der Waals surface area (Å²) in [6, 6.07) is 7.08. The number of nitrogens with zero attached hydrogens (tertiary/aromatic N) is 1. The first kappa shape index (κ1) is 24.8.